The van der Waals surface area contributed by atoms with Gasteiger partial charge in [0.15, 0.2) is 11.5 Å². The number of nitrogens with zero attached hydrogens (tertiary/aromatic N) is 1. The maximum absolute atomic E-state index is 11.6. The highest BCUT2D eigenvalue weighted by Gasteiger charge is 2.18. The van der Waals surface area contributed by atoms with E-state index in [-0.39, 0.29) is 4.88 Å². The fraction of sp³-hybridized carbons (Fsp3) is 0.143. The number of benzene rings is 2. The first kappa shape index (κ1) is 19.4. The first-order chi connectivity index (χ1) is 13.6. The van der Waals surface area contributed by atoms with Gasteiger partial charge < -0.3 is 19.3 Å². The highest BCUT2D eigenvalue weighted by molar-refractivity contribution is 7.15. The largest absolute Gasteiger partial charge is 0.493 e. The molecule has 3 rings (SSSR count). The maximum Gasteiger partial charge on any atom is 0.348 e. The highest BCUT2D eigenvalue weighted by Crippen LogP contribution is 2.38. The molecule has 1 heterocycles. The molecule has 0 aliphatic carbocycles. The second-order valence-electron chi connectivity index (χ2n) is 5.69. The van der Waals surface area contributed by atoms with E-state index in [0.717, 1.165) is 22.5 Å². The molecule has 0 saturated heterocycles. The molecule has 3 aromatic rings. The van der Waals surface area contributed by atoms with E-state index in [1.807, 2.05) is 48.5 Å². The number of carboxylic acids is 1. The quantitative estimate of drug-likeness (QED) is 0.622. The molecule has 0 spiro atoms. The third-order valence-corrected chi connectivity index (χ3v) is 5.00. The maximum atomic E-state index is 11.6. The fourth-order valence-corrected chi connectivity index (χ4v) is 3.54. The third-order valence-electron chi connectivity index (χ3n) is 3.99. The highest BCUT2D eigenvalue weighted by atomic mass is 32.1. The van der Waals surface area contributed by atoms with Crippen LogP contribution in [0.1, 0.15) is 20.2 Å². The lowest BCUT2D eigenvalue weighted by Gasteiger charge is -2.12. The fourth-order valence-electron chi connectivity index (χ4n) is 2.71. The van der Waals surface area contributed by atoms with Gasteiger partial charge in [0, 0.05) is 5.56 Å². The van der Waals surface area contributed by atoms with Crippen molar-refractivity contribution in [2.45, 2.75) is 0 Å². The molecule has 2 aromatic carbocycles. The van der Waals surface area contributed by atoms with E-state index in [4.69, 9.17) is 14.2 Å². The van der Waals surface area contributed by atoms with E-state index >= 15 is 0 Å². The molecule has 0 aliphatic rings. The molecule has 0 amide bonds. The van der Waals surface area contributed by atoms with E-state index in [0.29, 0.717) is 28.0 Å². The monoisotopic (exact) mass is 397 g/mol. The lowest BCUT2D eigenvalue weighted by molar-refractivity contribution is 0.0702. The average molecular weight is 397 g/mol. The minimum Gasteiger partial charge on any atom is -0.493 e. The average Bonchev–Trinajstić information content (AvgIpc) is 3.16. The Morgan fingerprint density at radius 3 is 2.18 bits per heavy atom. The van der Waals surface area contributed by atoms with Crippen LogP contribution in [0.2, 0.25) is 0 Å². The molecule has 6 nitrogen and oxygen atoms in total. The molecular formula is C21H19NO5S. The van der Waals surface area contributed by atoms with Crippen LogP contribution in [0, 0.1) is 0 Å². The number of methoxy groups -OCH3 is 3. The number of aromatic carboxylic acids is 1. The number of ether oxygens (including phenoxy) is 3. The molecule has 144 valence electrons. The van der Waals surface area contributed by atoms with Crippen LogP contribution in [0.15, 0.2) is 42.5 Å². The molecule has 0 bridgehead atoms. The van der Waals surface area contributed by atoms with Gasteiger partial charge in [0.25, 0.3) is 0 Å². The summed E-state index contributed by atoms with van der Waals surface area (Å²) >= 11 is 1.12. The lowest BCUT2D eigenvalue weighted by Crippen LogP contribution is -1.95. The Morgan fingerprint density at radius 2 is 1.64 bits per heavy atom. The zero-order chi connectivity index (χ0) is 20.1. The Kier molecular flexibility index (Phi) is 5.96. The van der Waals surface area contributed by atoms with Gasteiger partial charge in [-0.2, -0.15) is 0 Å². The summed E-state index contributed by atoms with van der Waals surface area (Å²) < 4.78 is 16.0. The van der Waals surface area contributed by atoms with E-state index in [1.54, 1.807) is 27.4 Å². The van der Waals surface area contributed by atoms with Gasteiger partial charge in [-0.1, -0.05) is 36.4 Å². The number of rotatable bonds is 7. The summed E-state index contributed by atoms with van der Waals surface area (Å²) in [6, 6.07) is 12.9. The second kappa shape index (κ2) is 8.58. The molecule has 1 N–H and O–H groups in total. The van der Waals surface area contributed by atoms with Gasteiger partial charge in [-0.25, -0.2) is 9.78 Å². The van der Waals surface area contributed by atoms with Crippen LogP contribution in [-0.4, -0.2) is 37.4 Å². The lowest BCUT2D eigenvalue weighted by atomic mass is 10.1. The van der Waals surface area contributed by atoms with Crippen LogP contribution < -0.4 is 14.2 Å². The summed E-state index contributed by atoms with van der Waals surface area (Å²) in [6.07, 6.45) is 3.59. The Morgan fingerprint density at radius 1 is 1.00 bits per heavy atom. The topological polar surface area (TPSA) is 77.9 Å². The van der Waals surface area contributed by atoms with Gasteiger partial charge in [-0.3, -0.25) is 0 Å². The predicted molar refractivity (Wildman–Crippen MR) is 110 cm³/mol. The van der Waals surface area contributed by atoms with Crippen LogP contribution in [-0.2, 0) is 0 Å². The van der Waals surface area contributed by atoms with Gasteiger partial charge >= 0.3 is 5.97 Å². The van der Waals surface area contributed by atoms with E-state index < -0.39 is 5.97 Å². The predicted octanol–water partition coefficient (Wildman–Crippen LogP) is 4.70. The molecular weight excluding hydrogens is 378 g/mol. The first-order valence-corrected chi connectivity index (χ1v) is 9.16. The number of hydrogen-bond donors (Lipinski definition) is 1. The van der Waals surface area contributed by atoms with Gasteiger partial charge in [0.1, 0.15) is 9.88 Å². The number of aromatic nitrogens is 1. The Balaban J connectivity index is 1.98. The molecule has 0 atom stereocenters. The summed E-state index contributed by atoms with van der Waals surface area (Å²) in [5.74, 6) is 0.591. The Bertz CT molecular complexity index is 986. The molecule has 1 aromatic heterocycles. The number of carboxylic acid groups (broad SMARTS) is 1. The summed E-state index contributed by atoms with van der Waals surface area (Å²) in [7, 11) is 4.65. The summed E-state index contributed by atoms with van der Waals surface area (Å²) in [5, 5.41) is 10.1. The van der Waals surface area contributed by atoms with Crippen molar-refractivity contribution in [2.75, 3.05) is 21.3 Å². The van der Waals surface area contributed by atoms with Crippen molar-refractivity contribution in [1.82, 2.24) is 4.98 Å². The molecule has 7 heteroatoms. The van der Waals surface area contributed by atoms with E-state index in [2.05, 4.69) is 4.98 Å². The van der Waals surface area contributed by atoms with Gasteiger partial charge in [-0.05, 0) is 23.8 Å². The second-order valence-corrected chi connectivity index (χ2v) is 6.72. The molecule has 0 radical (unpaired) electrons. The number of thiazole rings is 1. The summed E-state index contributed by atoms with van der Waals surface area (Å²) in [4.78, 5) is 16.3. The third kappa shape index (κ3) is 3.99. The van der Waals surface area contributed by atoms with Crippen molar-refractivity contribution < 1.29 is 24.1 Å². The van der Waals surface area contributed by atoms with Crippen LogP contribution in [0.3, 0.4) is 0 Å². The minimum atomic E-state index is -0.996. The van der Waals surface area contributed by atoms with E-state index in [9.17, 15) is 9.90 Å². The molecule has 28 heavy (non-hydrogen) atoms. The number of carbonyl (C=O) groups is 1. The Hall–Kier alpha value is -3.32. The van der Waals surface area contributed by atoms with Crippen LogP contribution in [0.25, 0.3) is 23.4 Å². The van der Waals surface area contributed by atoms with Crippen molar-refractivity contribution in [3.63, 3.8) is 0 Å². The smallest absolute Gasteiger partial charge is 0.348 e. The molecule has 0 aliphatic heterocycles. The SMILES string of the molecule is COc1cc(/C=C/c2nc(-c3ccccc3)c(C(=O)O)s2)cc(OC)c1OC. The van der Waals surface area contributed by atoms with Gasteiger partial charge in [0.2, 0.25) is 5.75 Å². The normalized spacial score (nSPS) is 10.8. The summed E-state index contributed by atoms with van der Waals surface area (Å²) in [6.45, 7) is 0. The van der Waals surface area contributed by atoms with Gasteiger partial charge in [0.05, 0.1) is 27.0 Å². The van der Waals surface area contributed by atoms with Crippen LogP contribution in [0.4, 0.5) is 0 Å². The zero-order valence-electron chi connectivity index (χ0n) is 15.6. The van der Waals surface area contributed by atoms with Crippen molar-refractivity contribution in [1.29, 1.82) is 0 Å². The zero-order valence-corrected chi connectivity index (χ0v) is 16.4. The van der Waals surface area contributed by atoms with Crippen molar-refractivity contribution in [2.24, 2.45) is 0 Å². The number of hydrogen-bond acceptors (Lipinski definition) is 6. The van der Waals surface area contributed by atoms with E-state index in [1.165, 1.54) is 0 Å². The first-order valence-electron chi connectivity index (χ1n) is 8.35. The standard InChI is InChI=1S/C21H19NO5S/c1-25-15-11-13(12-16(26-2)19(15)27-3)9-10-17-22-18(20(28-17)21(23)24)14-7-5-4-6-8-14/h4-12H,1-3H3,(H,23,24)/b10-9+. The van der Waals surface area contributed by atoms with Crippen molar-refractivity contribution >= 4 is 29.5 Å². The summed E-state index contributed by atoms with van der Waals surface area (Å²) in [5.41, 5.74) is 2.04. The minimum absolute atomic E-state index is 0.204. The van der Waals surface area contributed by atoms with Crippen molar-refractivity contribution in [3.05, 3.63) is 57.9 Å². The Labute approximate surface area is 166 Å². The molecule has 0 unspecified atom stereocenters. The molecule has 0 fully saturated rings. The van der Waals surface area contributed by atoms with Crippen molar-refractivity contribution in [3.8, 4) is 28.5 Å². The van der Waals surface area contributed by atoms with Gasteiger partial charge in [-0.15, -0.1) is 11.3 Å². The molecule has 0 saturated carbocycles. The van der Waals surface area contributed by atoms with Crippen LogP contribution >= 0.6 is 11.3 Å². The van der Waals surface area contributed by atoms with Crippen LogP contribution in [0.5, 0.6) is 17.2 Å².